The van der Waals surface area contributed by atoms with Crippen LogP contribution in [0.4, 0.5) is 26.3 Å². The minimum absolute atomic E-state index is 0.212. The van der Waals surface area contributed by atoms with Crippen molar-refractivity contribution in [2.45, 2.75) is 32.1 Å². The predicted octanol–water partition coefficient (Wildman–Crippen LogP) is 2.53. The summed E-state index contributed by atoms with van der Waals surface area (Å²) in [6.45, 7) is 2.49. The van der Waals surface area contributed by atoms with Crippen molar-refractivity contribution < 1.29 is 36.4 Å². The van der Waals surface area contributed by atoms with E-state index in [1.165, 1.54) is 13.8 Å². The van der Waals surface area contributed by atoms with E-state index >= 15 is 0 Å². The second kappa shape index (κ2) is 5.29. The lowest BCUT2D eigenvalue weighted by Gasteiger charge is -2.23. The van der Waals surface area contributed by atoms with Gasteiger partial charge in [-0.15, -0.1) is 0 Å². The smallest absolute Gasteiger partial charge is 0.423 e. The summed E-state index contributed by atoms with van der Waals surface area (Å²) >= 11 is 0. The lowest BCUT2D eigenvalue weighted by molar-refractivity contribution is -0.162. The molecule has 1 rings (SSSR count). The molecule has 0 saturated heterocycles. The molecule has 0 radical (unpaired) electrons. The highest BCUT2D eigenvalue weighted by Gasteiger charge is 2.46. The first-order valence-electron chi connectivity index (χ1n) is 5.54. The van der Waals surface area contributed by atoms with Crippen LogP contribution in [0.25, 0.3) is 0 Å². The molecule has 20 heavy (non-hydrogen) atoms. The summed E-state index contributed by atoms with van der Waals surface area (Å²) in [4.78, 5) is 0. The van der Waals surface area contributed by atoms with Gasteiger partial charge in [-0.25, -0.2) is 0 Å². The van der Waals surface area contributed by atoms with Gasteiger partial charge in [0.25, 0.3) is 0 Å². The molecule has 0 amide bonds. The zero-order valence-electron chi connectivity index (χ0n) is 10.5. The van der Waals surface area contributed by atoms with Gasteiger partial charge in [0.2, 0.25) is 0 Å². The van der Waals surface area contributed by atoms with Crippen LogP contribution in [0.5, 0.6) is 0 Å². The van der Waals surface area contributed by atoms with E-state index in [1.807, 2.05) is 0 Å². The third-order valence-electron chi connectivity index (χ3n) is 2.72. The number of benzene rings is 1. The molecule has 0 spiro atoms. The monoisotopic (exact) mass is 300 g/mol. The van der Waals surface area contributed by atoms with E-state index in [-0.39, 0.29) is 6.07 Å². The van der Waals surface area contributed by atoms with Crippen LogP contribution in [0, 0.1) is 0 Å². The SMILES string of the molecule is CC(C)c1c(B(O)O)ccc(C(F)(F)F)c1C(F)(F)F. The Morgan fingerprint density at radius 3 is 1.75 bits per heavy atom. The molecule has 2 N–H and O–H groups in total. The molecule has 9 heteroatoms. The zero-order valence-corrected chi connectivity index (χ0v) is 10.5. The number of rotatable bonds is 2. The first-order chi connectivity index (χ1) is 8.87. The maximum absolute atomic E-state index is 13.0. The van der Waals surface area contributed by atoms with Crippen LogP contribution in [-0.4, -0.2) is 17.2 Å². The van der Waals surface area contributed by atoms with E-state index in [4.69, 9.17) is 10.0 Å². The van der Waals surface area contributed by atoms with Crippen LogP contribution in [0.2, 0.25) is 0 Å². The normalized spacial score (nSPS) is 12.9. The summed E-state index contributed by atoms with van der Waals surface area (Å²) in [5.41, 5.74) is -5.05. The minimum Gasteiger partial charge on any atom is -0.423 e. The van der Waals surface area contributed by atoms with Crippen molar-refractivity contribution in [2.24, 2.45) is 0 Å². The van der Waals surface area contributed by atoms with Gasteiger partial charge in [-0.1, -0.05) is 19.9 Å². The van der Waals surface area contributed by atoms with Gasteiger partial charge in [0.1, 0.15) is 0 Å². The predicted molar refractivity (Wildman–Crippen MR) is 60.4 cm³/mol. The molecule has 2 nitrogen and oxygen atoms in total. The Balaban J connectivity index is 3.81. The first-order valence-corrected chi connectivity index (χ1v) is 5.54. The van der Waals surface area contributed by atoms with E-state index in [9.17, 15) is 26.3 Å². The third kappa shape index (κ3) is 3.27. The largest absolute Gasteiger partial charge is 0.488 e. The Labute approximate surface area is 111 Å². The van der Waals surface area contributed by atoms with Crippen molar-refractivity contribution in [3.8, 4) is 0 Å². The van der Waals surface area contributed by atoms with Gasteiger partial charge in [-0.3, -0.25) is 0 Å². The lowest BCUT2D eigenvalue weighted by atomic mass is 9.72. The first kappa shape index (κ1) is 16.8. The average Bonchev–Trinajstić information content (AvgIpc) is 2.24. The van der Waals surface area contributed by atoms with Crippen LogP contribution in [0.3, 0.4) is 0 Å². The Morgan fingerprint density at radius 2 is 1.45 bits per heavy atom. The van der Waals surface area contributed by atoms with Crippen molar-refractivity contribution in [3.05, 3.63) is 28.8 Å². The number of hydrogen-bond donors (Lipinski definition) is 2. The molecule has 0 unspecified atom stereocenters. The standard InChI is InChI=1S/C11H11BF6O2/c1-5(2)8-7(12(19)20)4-3-6(10(13,14)15)9(8)11(16,17)18/h3-5,19-20H,1-2H3. The van der Waals surface area contributed by atoms with Crippen LogP contribution < -0.4 is 5.46 Å². The molecule has 0 aromatic heterocycles. The summed E-state index contributed by atoms with van der Waals surface area (Å²) in [5.74, 6) is -0.967. The molecule has 0 aliphatic heterocycles. The van der Waals surface area contributed by atoms with E-state index in [1.54, 1.807) is 0 Å². The van der Waals surface area contributed by atoms with Gasteiger partial charge in [0.05, 0.1) is 11.1 Å². The fourth-order valence-corrected chi connectivity index (χ4v) is 2.02. The molecule has 112 valence electrons. The summed E-state index contributed by atoms with van der Waals surface area (Å²) in [5, 5.41) is 18.1. The molecule has 0 bridgehead atoms. The Kier molecular flexibility index (Phi) is 4.45. The van der Waals surface area contributed by atoms with E-state index < -0.39 is 47.5 Å². The van der Waals surface area contributed by atoms with Crippen molar-refractivity contribution in [2.75, 3.05) is 0 Å². The highest BCUT2D eigenvalue weighted by Crippen LogP contribution is 2.43. The van der Waals surface area contributed by atoms with Gasteiger partial charge in [0, 0.05) is 0 Å². The molecule has 0 heterocycles. The van der Waals surface area contributed by atoms with Gasteiger partial charge in [-0.2, -0.15) is 26.3 Å². The molecule has 1 aromatic rings. The molecular weight excluding hydrogens is 289 g/mol. The second-order valence-electron chi connectivity index (χ2n) is 4.51. The fourth-order valence-electron chi connectivity index (χ4n) is 2.02. The number of alkyl halides is 6. The topological polar surface area (TPSA) is 40.5 Å². The third-order valence-corrected chi connectivity index (χ3v) is 2.72. The summed E-state index contributed by atoms with van der Waals surface area (Å²) in [6.07, 6.45) is -10.4. The highest BCUT2D eigenvalue weighted by atomic mass is 19.4. The Bertz CT molecular complexity index is 493. The minimum atomic E-state index is -5.25. The van der Waals surface area contributed by atoms with Crippen LogP contribution >= 0.6 is 0 Å². The molecule has 1 aromatic carbocycles. The molecular formula is C11H11BF6O2. The molecule has 0 aliphatic carbocycles. The van der Waals surface area contributed by atoms with Gasteiger partial charge in [0.15, 0.2) is 0 Å². The van der Waals surface area contributed by atoms with E-state index in [0.29, 0.717) is 6.07 Å². The van der Waals surface area contributed by atoms with Crippen LogP contribution in [0.1, 0.15) is 36.5 Å². The van der Waals surface area contributed by atoms with Gasteiger partial charge >= 0.3 is 19.5 Å². The summed E-state index contributed by atoms with van der Waals surface area (Å²) < 4.78 is 77.1. The quantitative estimate of drug-likeness (QED) is 0.651. The molecule has 0 fully saturated rings. The van der Waals surface area contributed by atoms with E-state index in [2.05, 4.69) is 0 Å². The summed E-state index contributed by atoms with van der Waals surface area (Å²) in [6, 6.07) is 0.863. The number of hydrogen-bond acceptors (Lipinski definition) is 2. The van der Waals surface area contributed by atoms with Crippen molar-refractivity contribution in [1.82, 2.24) is 0 Å². The number of halogens is 6. The van der Waals surface area contributed by atoms with Crippen molar-refractivity contribution >= 4 is 12.6 Å². The highest BCUT2D eigenvalue weighted by molar-refractivity contribution is 6.59. The Hall–Kier alpha value is -1.22. The molecule has 0 atom stereocenters. The fraction of sp³-hybridized carbons (Fsp3) is 0.455. The maximum atomic E-state index is 13.0. The maximum Gasteiger partial charge on any atom is 0.488 e. The zero-order chi connectivity index (χ0) is 15.9. The lowest BCUT2D eigenvalue weighted by Crippen LogP contribution is -2.37. The van der Waals surface area contributed by atoms with Gasteiger partial charge in [-0.05, 0) is 23.0 Å². The van der Waals surface area contributed by atoms with Crippen molar-refractivity contribution in [3.63, 3.8) is 0 Å². The van der Waals surface area contributed by atoms with Crippen LogP contribution in [-0.2, 0) is 12.4 Å². The van der Waals surface area contributed by atoms with Crippen molar-refractivity contribution in [1.29, 1.82) is 0 Å². The molecule has 0 saturated carbocycles. The van der Waals surface area contributed by atoms with Crippen LogP contribution in [0.15, 0.2) is 12.1 Å². The summed E-state index contributed by atoms with van der Waals surface area (Å²) in [7, 11) is -2.28. The average molecular weight is 300 g/mol. The second-order valence-corrected chi connectivity index (χ2v) is 4.51. The van der Waals surface area contributed by atoms with Gasteiger partial charge < -0.3 is 10.0 Å². The van der Waals surface area contributed by atoms with E-state index in [0.717, 1.165) is 0 Å². The Morgan fingerprint density at radius 1 is 0.950 bits per heavy atom. The molecule has 0 aliphatic rings.